The first kappa shape index (κ1) is 17.9. The van der Waals surface area contributed by atoms with Crippen LogP contribution in [-0.4, -0.2) is 37.1 Å². The molecule has 0 heterocycles. The quantitative estimate of drug-likeness (QED) is 0.343. The first-order chi connectivity index (χ1) is 10.7. The zero-order valence-electron chi connectivity index (χ0n) is 12.1. The third kappa shape index (κ3) is 4.95. The molecule has 0 fully saturated rings. The number of hydrogen-bond donors (Lipinski definition) is 0. The van der Waals surface area contributed by atoms with E-state index < -0.39 is 35.0 Å². The predicted octanol–water partition coefficient (Wildman–Crippen LogP) is -1.31. The standard InChI is InChI=1S/C15H14O8/c1-8(2)14(20)22-5-6-23-15(21)10-4-3-9(12(16)17)7-11(10)13(18)19/h3-4,7H,1,5-6H2,2H3,(H,16,17)(H,18,19)/p-2. The van der Waals surface area contributed by atoms with E-state index in [1.54, 1.807) is 0 Å². The maximum Gasteiger partial charge on any atom is 0.338 e. The number of benzene rings is 1. The fourth-order valence-corrected chi connectivity index (χ4v) is 1.49. The lowest BCUT2D eigenvalue weighted by atomic mass is 10.0. The van der Waals surface area contributed by atoms with Gasteiger partial charge >= 0.3 is 11.9 Å². The van der Waals surface area contributed by atoms with Crippen LogP contribution in [0.2, 0.25) is 0 Å². The summed E-state index contributed by atoms with van der Waals surface area (Å²) >= 11 is 0. The summed E-state index contributed by atoms with van der Waals surface area (Å²) in [6.07, 6.45) is 0. The average molecular weight is 320 g/mol. The highest BCUT2D eigenvalue weighted by Crippen LogP contribution is 2.13. The molecule has 0 unspecified atom stereocenters. The number of carbonyl (C=O) groups is 4. The van der Waals surface area contributed by atoms with Crippen LogP contribution in [-0.2, 0) is 14.3 Å². The van der Waals surface area contributed by atoms with Crippen molar-refractivity contribution in [1.29, 1.82) is 0 Å². The molecule has 0 bridgehead atoms. The zero-order valence-corrected chi connectivity index (χ0v) is 12.1. The third-order valence-corrected chi connectivity index (χ3v) is 2.59. The van der Waals surface area contributed by atoms with Crippen molar-refractivity contribution in [3.63, 3.8) is 0 Å². The number of esters is 2. The number of carbonyl (C=O) groups excluding carboxylic acids is 4. The summed E-state index contributed by atoms with van der Waals surface area (Å²) in [5.74, 6) is -5.02. The molecule has 0 aliphatic rings. The van der Waals surface area contributed by atoms with Gasteiger partial charge in [0.1, 0.15) is 13.2 Å². The number of carboxylic acid groups (broad SMARTS) is 2. The number of carboxylic acids is 2. The number of aromatic carboxylic acids is 2. The van der Waals surface area contributed by atoms with Gasteiger partial charge in [-0.15, -0.1) is 0 Å². The molecule has 0 spiro atoms. The normalized spacial score (nSPS) is 9.78. The van der Waals surface area contributed by atoms with Gasteiger partial charge in [-0.05, 0) is 24.6 Å². The minimum atomic E-state index is -1.74. The third-order valence-electron chi connectivity index (χ3n) is 2.59. The Morgan fingerprint density at radius 2 is 1.61 bits per heavy atom. The van der Waals surface area contributed by atoms with Crippen LogP contribution in [0, 0.1) is 0 Å². The molecular formula is C15H12O8-2. The summed E-state index contributed by atoms with van der Waals surface area (Å²) in [6, 6.07) is 2.71. The minimum absolute atomic E-state index is 0.174. The van der Waals surface area contributed by atoms with Crippen molar-refractivity contribution in [2.75, 3.05) is 13.2 Å². The molecule has 8 heteroatoms. The summed E-state index contributed by atoms with van der Waals surface area (Å²) in [7, 11) is 0. The smallest absolute Gasteiger partial charge is 0.338 e. The molecule has 23 heavy (non-hydrogen) atoms. The Kier molecular flexibility index (Phi) is 6.02. The van der Waals surface area contributed by atoms with Crippen molar-refractivity contribution >= 4 is 23.9 Å². The van der Waals surface area contributed by atoms with E-state index in [9.17, 15) is 29.4 Å². The molecule has 0 N–H and O–H groups in total. The van der Waals surface area contributed by atoms with Crippen LogP contribution >= 0.6 is 0 Å². The van der Waals surface area contributed by atoms with Crippen LogP contribution in [0.15, 0.2) is 30.4 Å². The lowest BCUT2D eigenvalue weighted by molar-refractivity contribution is -0.255. The van der Waals surface area contributed by atoms with Gasteiger partial charge in [0.05, 0.1) is 17.5 Å². The molecule has 0 aromatic heterocycles. The van der Waals surface area contributed by atoms with E-state index >= 15 is 0 Å². The van der Waals surface area contributed by atoms with Gasteiger partial charge in [0.15, 0.2) is 0 Å². The van der Waals surface area contributed by atoms with Gasteiger partial charge in [-0.3, -0.25) is 0 Å². The van der Waals surface area contributed by atoms with Crippen molar-refractivity contribution in [1.82, 2.24) is 0 Å². The Labute approximate surface area is 130 Å². The van der Waals surface area contributed by atoms with Crippen LogP contribution in [0.5, 0.6) is 0 Å². The second kappa shape index (κ2) is 7.74. The molecule has 122 valence electrons. The van der Waals surface area contributed by atoms with Gasteiger partial charge in [-0.25, -0.2) is 9.59 Å². The van der Waals surface area contributed by atoms with Gasteiger partial charge in [-0.2, -0.15) is 0 Å². The Morgan fingerprint density at radius 1 is 1.00 bits per heavy atom. The first-order valence-corrected chi connectivity index (χ1v) is 6.30. The van der Waals surface area contributed by atoms with Crippen molar-refractivity contribution < 1.29 is 38.9 Å². The van der Waals surface area contributed by atoms with Crippen LogP contribution in [0.25, 0.3) is 0 Å². The van der Waals surface area contributed by atoms with Gasteiger partial charge in [0.25, 0.3) is 0 Å². The number of ether oxygens (including phenoxy) is 2. The van der Waals surface area contributed by atoms with Crippen LogP contribution in [0.3, 0.4) is 0 Å². The molecule has 0 amide bonds. The monoisotopic (exact) mass is 320 g/mol. The van der Waals surface area contributed by atoms with E-state index in [2.05, 4.69) is 11.3 Å². The molecule has 0 saturated heterocycles. The molecule has 0 atom stereocenters. The zero-order chi connectivity index (χ0) is 17.6. The molecule has 0 radical (unpaired) electrons. The molecule has 1 aromatic rings. The first-order valence-electron chi connectivity index (χ1n) is 6.30. The fourth-order valence-electron chi connectivity index (χ4n) is 1.49. The van der Waals surface area contributed by atoms with E-state index in [1.807, 2.05) is 0 Å². The van der Waals surface area contributed by atoms with Crippen molar-refractivity contribution in [2.45, 2.75) is 6.92 Å². The largest absolute Gasteiger partial charge is 0.545 e. The van der Waals surface area contributed by atoms with Crippen molar-refractivity contribution in [2.24, 2.45) is 0 Å². The Balaban J connectivity index is 2.76. The van der Waals surface area contributed by atoms with E-state index in [1.165, 1.54) is 6.92 Å². The van der Waals surface area contributed by atoms with E-state index in [0.29, 0.717) is 0 Å². The molecular weight excluding hydrogens is 308 g/mol. The maximum atomic E-state index is 11.8. The van der Waals surface area contributed by atoms with Crippen LogP contribution < -0.4 is 10.2 Å². The average Bonchev–Trinajstić information content (AvgIpc) is 2.50. The summed E-state index contributed by atoms with van der Waals surface area (Å²) in [5.41, 5.74) is -1.28. The SMILES string of the molecule is C=C(C)C(=O)OCCOC(=O)c1ccc(C(=O)[O-])cc1C(=O)[O-]. The molecule has 1 rings (SSSR count). The van der Waals surface area contributed by atoms with E-state index in [0.717, 1.165) is 18.2 Å². The van der Waals surface area contributed by atoms with Gasteiger partial charge in [0.2, 0.25) is 0 Å². The summed E-state index contributed by atoms with van der Waals surface area (Å²) in [4.78, 5) is 44.6. The van der Waals surface area contributed by atoms with Gasteiger partial charge in [-0.1, -0.05) is 12.6 Å². The van der Waals surface area contributed by atoms with Crippen molar-refractivity contribution in [3.8, 4) is 0 Å². The van der Waals surface area contributed by atoms with E-state index in [-0.39, 0.29) is 24.4 Å². The summed E-state index contributed by atoms with van der Waals surface area (Å²) in [6.45, 7) is 4.25. The minimum Gasteiger partial charge on any atom is -0.545 e. The molecule has 1 aromatic carbocycles. The Hall–Kier alpha value is -3.16. The highest BCUT2D eigenvalue weighted by atomic mass is 16.6. The van der Waals surface area contributed by atoms with Crippen LogP contribution in [0.1, 0.15) is 38.0 Å². The lowest BCUT2D eigenvalue weighted by Gasteiger charge is -2.13. The fraction of sp³-hybridized carbons (Fsp3) is 0.200. The highest BCUT2D eigenvalue weighted by Gasteiger charge is 2.15. The highest BCUT2D eigenvalue weighted by molar-refractivity contribution is 6.03. The summed E-state index contributed by atoms with van der Waals surface area (Å²) < 4.78 is 9.44. The molecule has 0 aliphatic heterocycles. The van der Waals surface area contributed by atoms with Gasteiger partial charge in [0, 0.05) is 11.1 Å². The van der Waals surface area contributed by atoms with Crippen molar-refractivity contribution in [3.05, 3.63) is 47.0 Å². The molecule has 0 saturated carbocycles. The summed E-state index contributed by atoms with van der Waals surface area (Å²) in [5, 5.41) is 21.7. The second-order valence-electron chi connectivity index (χ2n) is 4.39. The van der Waals surface area contributed by atoms with E-state index in [4.69, 9.17) is 4.74 Å². The Morgan fingerprint density at radius 3 is 2.13 bits per heavy atom. The topological polar surface area (TPSA) is 133 Å². The Bertz CT molecular complexity index is 674. The number of hydrogen-bond acceptors (Lipinski definition) is 8. The number of rotatable bonds is 7. The lowest BCUT2D eigenvalue weighted by Crippen LogP contribution is -2.28. The maximum absolute atomic E-state index is 11.8. The molecule has 0 aliphatic carbocycles. The predicted molar refractivity (Wildman–Crippen MR) is 71.2 cm³/mol. The molecule has 8 nitrogen and oxygen atoms in total. The van der Waals surface area contributed by atoms with Gasteiger partial charge < -0.3 is 29.3 Å². The second-order valence-corrected chi connectivity index (χ2v) is 4.39. The van der Waals surface area contributed by atoms with Crippen LogP contribution in [0.4, 0.5) is 0 Å².